The molecule has 0 unspecified atom stereocenters. The van der Waals surface area contributed by atoms with Crippen molar-refractivity contribution in [2.75, 3.05) is 7.05 Å². The molecule has 0 heterocycles. The highest BCUT2D eigenvalue weighted by molar-refractivity contribution is 5.77. The highest BCUT2D eigenvalue weighted by Gasteiger charge is 2.12. The number of carbonyl (C=O) groups is 1. The molecule has 82 valence electrons. The summed E-state index contributed by atoms with van der Waals surface area (Å²) >= 11 is 0. The van der Waals surface area contributed by atoms with E-state index in [4.69, 9.17) is 0 Å². The fraction of sp³-hybridized carbons (Fsp3) is 0.417. The van der Waals surface area contributed by atoms with Crippen molar-refractivity contribution in [3.05, 3.63) is 35.6 Å². The first-order valence-electron chi connectivity index (χ1n) is 5.00. The average molecular weight is 209 g/mol. The van der Waals surface area contributed by atoms with Crippen molar-refractivity contribution in [1.29, 1.82) is 0 Å². The fourth-order valence-electron chi connectivity index (χ4n) is 1.38. The molecule has 0 aromatic heterocycles. The zero-order chi connectivity index (χ0) is 11.4. The Bertz CT molecular complexity index is 332. The molecular formula is C12H16FNO. The van der Waals surface area contributed by atoms with E-state index in [2.05, 4.69) is 0 Å². The van der Waals surface area contributed by atoms with E-state index in [-0.39, 0.29) is 17.6 Å². The van der Waals surface area contributed by atoms with Crippen LogP contribution in [0.2, 0.25) is 0 Å². The third kappa shape index (κ3) is 3.35. The molecule has 0 bridgehead atoms. The predicted octanol–water partition coefficient (Wildman–Crippen LogP) is 2.44. The van der Waals surface area contributed by atoms with Crippen LogP contribution in [-0.2, 0) is 11.3 Å². The lowest BCUT2D eigenvalue weighted by molar-refractivity contribution is -0.133. The number of benzene rings is 1. The lowest BCUT2D eigenvalue weighted by Crippen LogP contribution is -2.29. The van der Waals surface area contributed by atoms with Crippen LogP contribution in [-0.4, -0.2) is 17.9 Å². The number of nitrogens with zero attached hydrogens (tertiary/aromatic N) is 1. The summed E-state index contributed by atoms with van der Waals surface area (Å²) in [6.07, 6.45) is 0. The Morgan fingerprint density at radius 3 is 2.33 bits per heavy atom. The van der Waals surface area contributed by atoms with Crippen LogP contribution < -0.4 is 0 Å². The van der Waals surface area contributed by atoms with Gasteiger partial charge in [-0.2, -0.15) is 0 Å². The molecule has 0 atom stereocenters. The number of hydrogen-bond acceptors (Lipinski definition) is 1. The molecule has 0 spiro atoms. The van der Waals surface area contributed by atoms with Crippen molar-refractivity contribution in [3.63, 3.8) is 0 Å². The van der Waals surface area contributed by atoms with Gasteiger partial charge in [0.2, 0.25) is 5.91 Å². The van der Waals surface area contributed by atoms with E-state index in [1.807, 2.05) is 13.8 Å². The van der Waals surface area contributed by atoms with Gasteiger partial charge in [0.05, 0.1) is 0 Å². The molecule has 1 amide bonds. The summed E-state index contributed by atoms with van der Waals surface area (Å²) in [6.45, 7) is 4.25. The second kappa shape index (κ2) is 4.91. The number of carbonyl (C=O) groups excluding carboxylic acids is 1. The Morgan fingerprint density at radius 2 is 1.87 bits per heavy atom. The summed E-state index contributed by atoms with van der Waals surface area (Å²) in [5, 5.41) is 0. The molecule has 0 saturated heterocycles. The van der Waals surface area contributed by atoms with Gasteiger partial charge < -0.3 is 4.90 Å². The van der Waals surface area contributed by atoms with Gasteiger partial charge in [-0.05, 0) is 17.7 Å². The van der Waals surface area contributed by atoms with E-state index in [0.29, 0.717) is 6.54 Å². The topological polar surface area (TPSA) is 20.3 Å². The van der Waals surface area contributed by atoms with Gasteiger partial charge in [0.15, 0.2) is 0 Å². The molecule has 1 aromatic rings. The summed E-state index contributed by atoms with van der Waals surface area (Å²) in [5.74, 6) is -0.161. The quantitative estimate of drug-likeness (QED) is 0.748. The number of amides is 1. The van der Waals surface area contributed by atoms with E-state index in [0.717, 1.165) is 5.56 Å². The highest BCUT2D eigenvalue weighted by Crippen LogP contribution is 2.07. The molecule has 0 aliphatic heterocycles. The average Bonchev–Trinajstić information content (AvgIpc) is 2.20. The van der Waals surface area contributed by atoms with E-state index < -0.39 is 0 Å². The summed E-state index contributed by atoms with van der Waals surface area (Å²) < 4.78 is 12.6. The Kier molecular flexibility index (Phi) is 3.83. The standard InChI is InChI=1S/C12H16FNO/c1-9(2)12(15)14(3)8-10-4-6-11(13)7-5-10/h4-7,9H,8H2,1-3H3. The van der Waals surface area contributed by atoms with Gasteiger partial charge in [-0.25, -0.2) is 4.39 Å². The molecular weight excluding hydrogens is 193 g/mol. The summed E-state index contributed by atoms with van der Waals surface area (Å²) in [5.41, 5.74) is 0.938. The molecule has 0 radical (unpaired) electrons. The SMILES string of the molecule is CC(C)C(=O)N(C)Cc1ccc(F)cc1. The van der Waals surface area contributed by atoms with Gasteiger partial charge in [-0.3, -0.25) is 4.79 Å². The van der Waals surface area contributed by atoms with Crippen LogP contribution in [0.15, 0.2) is 24.3 Å². The normalized spacial score (nSPS) is 10.5. The summed E-state index contributed by atoms with van der Waals surface area (Å²) in [6, 6.07) is 6.20. The van der Waals surface area contributed by atoms with Crippen molar-refractivity contribution < 1.29 is 9.18 Å². The third-order valence-corrected chi connectivity index (χ3v) is 2.20. The van der Waals surface area contributed by atoms with Crippen molar-refractivity contribution in [3.8, 4) is 0 Å². The van der Waals surface area contributed by atoms with Crippen molar-refractivity contribution in [1.82, 2.24) is 4.90 Å². The van der Waals surface area contributed by atoms with Crippen LogP contribution in [0, 0.1) is 11.7 Å². The zero-order valence-corrected chi connectivity index (χ0v) is 9.33. The molecule has 2 nitrogen and oxygen atoms in total. The van der Waals surface area contributed by atoms with Crippen LogP contribution in [0.4, 0.5) is 4.39 Å². The minimum atomic E-state index is -0.253. The van der Waals surface area contributed by atoms with E-state index in [1.54, 1.807) is 24.1 Å². The molecule has 0 aliphatic rings. The first-order valence-corrected chi connectivity index (χ1v) is 5.00. The maximum atomic E-state index is 12.6. The largest absolute Gasteiger partial charge is 0.341 e. The Labute approximate surface area is 89.7 Å². The molecule has 0 saturated carbocycles. The third-order valence-electron chi connectivity index (χ3n) is 2.20. The summed E-state index contributed by atoms with van der Waals surface area (Å²) in [7, 11) is 1.76. The number of halogens is 1. The van der Waals surface area contributed by atoms with Crippen LogP contribution in [0.5, 0.6) is 0 Å². The lowest BCUT2D eigenvalue weighted by Gasteiger charge is -2.19. The Morgan fingerprint density at radius 1 is 1.33 bits per heavy atom. The van der Waals surface area contributed by atoms with E-state index in [9.17, 15) is 9.18 Å². The maximum absolute atomic E-state index is 12.6. The smallest absolute Gasteiger partial charge is 0.225 e. The van der Waals surface area contributed by atoms with Crippen LogP contribution in [0.1, 0.15) is 19.4 Å². The van der Waals surface area contributed by atoms with Gasteiger partial charge >= 0.3 is 0 Å². The molecule has 1 rings (SSSR count). The van der Waals surface area contributed by atoms with Gasteiger partial charge in [0.25, 0.3) is 0 Å². The van der Waals surface area contributed by atoms with E-state index >= 15 is 0 Å². The molecule has 0 fully saturated rings. The predicted molar refractivity (Wildman–Crippen MR) is 57.7 cm³/mol. The molecule has 0 aliphatic carbocycles. The van der Waals surface area contributed by atoms with Crippen LogP contribution in [0.3, 0.4) is 0 Å². The van der Waals surface area contributed by atoms with Crippen molar-refractivity contribution in [2.45, 2.75) is 20.4 Å². The minimum absolute atomic E-state index is 0.00421. The van der Waals surface area contributed by atoms with Crippen molar-refractivity contribution >= 4 is 5.91 Å². The van der Waals surface area contributed by atoms with Crippen molar-refractivity contribution in [2.24, 2.45) is 5.92 Å². The first-order chi connectivity index (χ1) is 7.00. The van der Waals surface area contributed by atoms with E-state index in [1.165, 1.54) is 12.1 Å². The molecule has 0 N–H and O–H groups in total. The minimum Gasteiger partial charge on any atom is -0.341 e. The molecule has 15 heavy (non-hydrogen) atoms. The van der Waals surface area contributed by atoms with Gasteiger partial charge in [-0.15, -0.1) is 0 Å². The van der Waals surface area contributed by atoms with Gasteiger partial charge in [0.1, 0.15) is 5.82 Å². The Balaban J connectivity index is 2.62. The summed E-state index contributed by atoms with van der Waals surface area (Å²) in [4.78, 5) is 13.2. The maximum Gasteiger partial charge on any atom is 0.225 e. The number of rotatable bonds is 3. The monoisotopic (exact) mass is 209 g/mol. The first kappa shape index (κ1) is 11.7. The van der Waals surface area contributed by atoms with Crippen LogP contribution in [0.25, 0.3) is 0 Å². The van der Waals surface area contributed by atoms with Crippen LogP contribution >= 0.6 is 0 Å². The molecule has 1 aromatic carbocycles. The Hall–Kier alpha value is -1.38. The highest BCUT2D eigenvalue weighted by atomic mass is 19.1. The van der Waals surface area contributed by atoms with Gasteiger partial charge in [-0.1, -0.05) is 26.0 Å². The van der Waals surface area contributed by atoms with Gasteiger partial charge in [0, 0.05) is 19.5 Å². The second-order valence-electron chi connectivity index (χ2n) is 3.98. The second-order valence-corrected chi connectivity index (χ2v) is 3.98. The molecule has 3 heteroatoms. The lowest BCUT2D eigenvalue weighted by atomic mass is 10.1. The number of hydrogen-bond donors (Lipinski definition) is 0. The zero-order valence-electron chi connectivity index (χ0n) is 9.33. The fourth-order valence-corrected chi connectivity index (χ4v) is 1.38.